The number of nitrogens with zero attached hydrogens (tertiary/aromatic N) is 1. The molecule has 26 heavy (non-hydrogen) atoms. The Bertz CT molecular complexity index is 797. The molecule has 2 unspecified atom stereocenters. The van der Waals surface area contributed by atoms with Gasteiger partial charge in [0, 0.05) is 0 Å². The Hall–Kier alpha value is -2.80. The molecule has 0 radical (unpaired) electrons. The van der Waals surface area contributed by atoms with E-state index in [0.717, 1.165) is 16.0 Å². The number of ether oxygens (including phenoxy) is 1. The number of aliphatic hydroxyl groups is 1. The molecule has 2 aromatic rings. The van der Waals surface area contributed by atoms with E-state index in [-0.39, 0.29) is 13.2 Å². The van der Waals surface area contributed by atoms with Crippen LogP contribution >= 0.6 is 0 Å². The van der Waals surface area contributed by atoms with E-state index in [4.69, 9.17) is 9.15 Å². The van der Waals surface area contributed by atoms with Crippen molar-refractivity contribution in [2.45, 2.75) is 32.4 Å². The van der Waals surface area contributed by atoms with Gasteiger partial charge in [-0.1, -0.05) is 18.2 Å². The van der Waals surface area contributed by atoms with Crippen molar-refractivity contribution in [1.29, 1.82) is 0 Å². The highest BCUT2D eigenvalue weighted by atomic mass is 16.5. The predicted octanol–water partition coefficient (Wildman–Crippen LogP) is 2.10. The molecule has 1 aromatic heterocycles. The summed E-state index contributed by atoms with van der Waals surface area (Å²) in [5.74, 6) is 0.576. The standard InChI is InChI=1S/C19H22N2O5/c1-12-6-4-7-13(2)16(12)26-11-14(22)10-21-17(23)19(3,20-18(21)24)15-8-5-9-25-15/h4-9,14,22H,10-11H2,1-3H3,(H,20,24). The Balaban J connectivity index is 1.65. The van der Waals surface area contributed by atoms with Crippen LogP contribution in [-0.2, 0) is 10.3 Å². The molecule has 0 spiro atoms. The number of para-hydroxylation sites is 1. The molecular formula is C19H22N2O5. The summed E-state index contributed by atoms with van der Waals surface area (Å²) in [7, 11) is 0. The molecule has 1 aromatic carbocycles. The lowest BCUT2D eigenvalue weighted by molar-refractivity contribution is -0.132. The molecule has 1 saturated heterocycles. The second kappa shape index (κ2) is 6.84. The monoisotopic (exact) mass is 358 g/mol. The first-order chi connectivity index (χ1) is 12.3. The normalized spacial score (nSPS) is 21.0. The summed E-state index contributed by atoms with van der Waals surface area (Å²) in [6.45, 7) is 5.22. The van der Waals surface area contributed by atoms with E-state index in [9.17, 15) is 14.7 Å². The predicted molar refractivity (Wildman–Crippen MR) is 93.7 cm³/mol. The SMILES string of the molecule is Cc1cccc(C)c1OCC(O)CN1C(=O)NC(C)(c2ccco2)C1=O. The van der Waals surface area contributed by atoms with Crippen LogP contribution in [0, 0.1) is 13.8 Å². The molecule has 3 amide bonds. The van der Waals surface area contributed by atoms with Gasteiger partial charge < -0.3 is 19.6 Å². The third kappa shape index (κ3) is 3.17. The molecule has 7 nitrogen and oxygen atoms in total. The van der Waals surface area contributed by atoms with Crippen molar-refractivity contribution in [2.24, 2.45) is 0 Å². The zero-order valence-corrected chi connectivity index (χ0v) is 15.0. The van der Waals surface area contributed by atoms with Gasteiger partial charge >= 0.3 is 6.03 Å². The van der Waals surface area contributed by atoms with Crippen molar-refractivity contribution in [1.82, 2.24) is 10.2 Å². The highest BCUT2D eigenvalue weighted by Crippen LogP contribution is 2.29. The Kier molecular flexibility index (Phi) is 4.73. The van der Waals surface area contributed by atoms with Gasteiger partial charge in [0.2, 0.25) is 0 Å². The second-order valence-electron chi connectivity index (χ2n) is 6.63. The molecular weight excluding hydrogens is 336 g/mol. The smallest absolute Gasteiger partial charge is 0.325 e. The molecule has 1 aliphatic rings. The lowest BCUT2D eigenvalue weighted by Crippen LogP contribution is -2.42. The number of imide groups is 1. The minimum atomic E-state index is -1.27. The van der Waals surface area contributed by atoms with Crippen LogP contribution in [0.2, 0.25) is 0 Å². The maximum atomic E-state index is 12.7. The zero-order valence-electron chi connectivity index (χ0n) is 15.0. The van der Waals surface area contributed by atoms with Crippen LogP contribution in [0.15, 0.2) is 41.0 Å². The average Bonchev–Trinajstić information content (AvgIpc) is 3.19. The lowest BCUT2D eigenvalue weighted by Gasteiger charge is -2.21. The van der Waals surface area contributed by atoms with E-state index in [0.29, 0.717) is 11.5 Å². The van der Waals surface area contributed by atoms with E-state index in [1.807, 2.05) is 32.0 Å². The number of rotatable bonds is 6. The lowest BCUT2D eigenvalue weighted by atomic mass is 9.99. The van der Waals surface area contributed by atoms with E-state index < -0.39 is 23.6 Å². The first-order valence-electron chi connectivity index (χ1n) is 8.38. The molecule has 7 heteroatoms. The number of carbonyl (C=O) groups excluding carboxylic acids is 2. The van der Waals surface area contributed by atoms with Crippen LogP contribution < -0.4 is 10.1 Å². The van der Waals surface area contributed by atoms with E-state index in [2.05, 4.69) is 5.32 Å². The van der Waals surface area contributed by atoms with Gasteiger partial charge in [0.15, 0.2) is 5.54 Å². The van der Waals surface area contributed by atoms with Crippen LogP contribution in [0.5, 0.6) is 5.75 Å². The Morgan fingerprint density at radius 1 is 1.23 bits per heavy atom. The number of urea groups is 1. The molecule has 0 bridgehead atoms. The zero-order chi connectivity index (χ0) is 18.9. The van der Waals surface area contributed by atoms with E-state index in [1.54, 1.807) is 19.1 Å². The minimum Gasteiger partial charge on any atom is -0.490 e. The molecule has 1 fully saturated rings. The number of hydrogen-bond acceptors (Lipinski definition) is 5. The Labute approximate surface area is 151 Å². The van der Waals surface area contributed by atoms with Gasteiger partial charge in [0.05, 0.1) is 12.8 Å². The fraction of sp³-hybridized carbons (Fsp3) is 0.368. The molecule has 0 aliphatic carbocycles. The quantitative estimate of drug-likeness (QED) is 0.772. The number of nitrogens with one attached hydrogen (secondary N) is 1. The Morgan fingerprint density at radius 3 is 2.54 bits per heavy atom. The summed E-state index contributed by atoms with van der Waals surface area (Å²) >= 11 is 0. The number of benzene rings is 1. The summed E-state index contributed by atoms with van der Waals surface area (Å²) in [6.07, 6.45) is 0.429. The number of aliphatic hydroxyl groups excluding tert-OH is 1. The molecule has 138 valence electrons. The fourth-order valence-corrected chi connectivity index (χ4v) is 3.06. The van der Waals surface area contributed by atoms with Crippen LogP contribution in [-0.4, -0.2) is 41.2 Å². The summed E-state index contributed by atoms with van der Waals surface area (Å²) in [6, 6.07) is 8.47. The van der Waals surface area contributed by atoms with Crippen molar-refractivity contribution in [3.63, 3.8) is 0 Å². The average molecular weight is 358 g/mol. The van der Waals surface area contributed by atoms with Crippen LogP contribution in [0.25, 0.3) is 0 Å². The maximum absolute atomic E-state index is 12.7. The molecule has 3 rings (SSSR count). The number of aryl methyl sites for hydroxylation is 2. The largest absolute Gasteiger partial charge is 0.490 e. The minimum absolute atomic E-state index is 0.0276. The number of β-amino-alcohol motifs (C(OH)–C–C–N with tert-alkyl or cyclic N) is 1. The number of hydrogen-bond donors (Lipinski definition) is 2. The van der Waals surface area contributed by atoms with Gasteiger partial charge in [0.1, 0.15) is 24.2 Å². The second-order valence-corrected chi connectivity index (χ2v) is 6.63. The van der Waals surface area contributed by atoms with Crippen molar-refractivity contribution in [3.05, 3.63) is 53.5 Å². The van der Waals surface area contributed by atoms with Crippen LogP contribution in [0.4, 0.5) is 4.79 Å². The summed E-state index contributed by atoms with van der Waals surface area (Å²) in [5, 5.41) is 12.9. The van der Waals surface area contributed by atoms with Crippen molar-refractivity contribution >= 4 is 11.9 Å². The van der Waals surface area contributed by atoms with E-state index in [1.165, 1.54) is 6.26 Å². The number of amides is 3. The molecule has 0 saturated carbocycles. The van der Waals surface area contributed by atoms with Crippen molar-refractivity contribution in [3.8, 4) is 5.75 Å². The molecule has 1 aliphatic heterocycles. The third-order valence-corrected chi connectivity index (χ3v) is 4.51. The molecule has 2 heterocycles. The molecule has 2 atom stereocenters. The van der Waals surface area contributed by atoms with Gasteiger partial charge in [-0.05, 0) is 44.0 Å². The van der Waals surface area contributed by atoms with Gasteiger partial charge in [-0.3, -0.25) is 9.69 Å². The van der Waals surface area contributed by atoms with Crippen molar-refractivity contribution in [2.75, 3.05) is 13.2 Å². The summed E-state index contributed by atoms with van der Waals surface area (Å²) < 4.78 is 11.0. The third-order valence-electron chi connectivity index (χ3n) is 4.51. The summed E-state index contributed by atoms with van der Waals surface area (Å²) in [5.41, 5.74) is 0.642. The highest BCUT2D eigenvalue weighted by molar-refractivity contribution is 6.06. The first-order valence-corrected chi connectivity index (χ1v) is 8.38. The maximum Gasteiger partial charge on any atom is 0.325 e. The fourth-order valence-electron chi connectivity index (χ4n) is 3.06. The summed E-state index contributed by atoms with van der Waals surface area (Å²) in [4.78, 5) is 25.9. The first kappa shape index (κ1) is 18.0. The van der Waals surface area contributed by atoms with Gasteiger partial charge in [0.25, 0.3) is 5.91 Å². The van der Waals surface area contributed by atoms with E-state index >= 15 is 0 Å². The Morgan fingerprint density at radius 2 is 1.92 bits per heavy atom. The van der Waals surface area contributed by atoms with Crippen molar-refractivity contribution < 1.29 is 23.8 Å². The number of furan rings is 1. The topological polar surface area (TPSA) is 92.0 Å². The molecule has 2 N–H and O–H groups in total. The highest BCUT2D eigenvalue weighted by Gasteiger charge is 2.51. The number of carbonyl (C=O) groups is 2. The van der Waals surface area contributed by atoms with Crippen LogP contribution in [0.3, 0.4) is 0 Å². The van der Waals surface area contributed by atoms with Gasteiger partial charge in [-0.25, -0.2) is 4.79 Å². The van der Waals surface area contributed by atoms with Gasteiger partial charge in [-0.15, -0.1) is 0 Å². The van der Waals surface area contributed by atoms with Gasteiger partial charge in [-0.2, -0.15) is 0 Å². The van der Waals surface area contributed by atoms with Crippen LogP contribution in [0.1, 0.15) is 23.8 Å².